The summed E-state index contributed by atoms with van der Waals surface area (Å²) >= 11 is 0. The number of alkyl carbamates (subject to hydrolysis) is 1. The molecule has 28 heavy (non-hydrogen) atoms. The van der Waals surface area contributed by atoms with Gasteiger partial charge in [0.1, 0.15) is 5.60 Å². The number of ether oxygens (including phenoxy) is 1. The molecule has 2 aromatic rings. The van der Waals surface area contributed by atoms with E-state index in [0.29, 0.717) is 19.3 Å². The summed E-state index contributed by atoms with van der Waals surface area (Å²) in [5.41, 5.74) is 7.82. The third kappa shape index (κ3) is 8.11. The lowest BCUT2D eigenvalue weighted by Crippen LogP contribution is -2.48. The fourth-order valence-electron chi connectivity index (χ4n) is 3.08. The summed E-state index contributed by atoms with van der Waals surface area (Å²) in [5, 5.41) is 13.6. The van der Waals surface area contributed by atoms with E-state index in [2.05, 4.69) is 5.32 Å². The van der Waals surface area contributed by atoms with Crippen molar-refractivity contribution in [1.82, 2.24) is 5.32 Å². The predicted octanol–water partition coefficient (Wildman–Crippen LogP) is 3.44. The SMILES string of the molecule is CC(C)(C)OC(=O)N[C@H](Cc1ccccc1)[C@H](O)C[C@H](N)Cc1ccccc1. The second kappa shape index (κ2) is 10.2. The Morgan fingerprint density at radius 1 is 1.00 bits per heavy atom. The average Bonchev–Trinajstić information content (AvgIpc) is 2.61. The minimum Gasteiger partial charge on any atom is -0.444 e. The molecule has 4 N–H and O–H groups in total. The molecule has 0 radical (unpaired) electrons. The van der Waals surface area contributed by atoms with Crippen molar-refractivity contribution in [1.29, 1.82) is 0 Å². The molecular weight excluding hydrogens is 352 g/mol. The number of amides is 1. The number of carbonyl (C=O) groups is 1. The third-order valence-electron chi connectivity index (χ3n) is 4.35. The second-order valence-corrected chi connectivity index (χ2v) is 8.20. The number of nitrogens with one attached hydrogen (secondary N) is 1. The number of hydrogen-bond donors (Lipinski definition) is 3. The molecule has 1 amide bonds. The fourth-order valence-corrected chi connectivity index (χ4v) is 3.08. The zero-order valence-corrected chi connectivity index (χ0v) is 17.0. The molecule has 2 rings (SSSR count). The van der Waals surface area contributed by atoms with E-state index < -0.39 is 23.8 Å². The molecule has 0 bridgehead atoms. The van der Waals surface area contributed by atoms with E-state index in [1.165, 1.54) is 0 Å². The number of hydrogen-bond acceptors (Lipinski definition) is 4. The monoisotopic (exact) mass is 384 g/mol. The molecule has 5 nitrogen and oxygen atoms in total. The van der Waals surface area contributed by atoms with E-state index in [9.17, 15) is 9.90 Å². The van der Waals surface area contributed by atoms with E-state index in [0.717, 1.165) is 11.1 Å². The lowest BCUT2D eigenvalue weighted by molar-refractivity contribution is 0.0405. The van der Waals surface area contributed by atoms with Crippen molar-refractivity contribution in [3.8, 4) is 0 Å². The Hall–Kier alpha value is -2.37. The highest BCUT2D eigenvalue weighted by atomic mass is 16.6. The van der Waals surface area contributed by atoms with E-state index in [-0.39, 0.29) is 6.04 Å². The zero-order valence-electron chi connectivity index (χ0n) is 17.0. The van der Waals surface area contributed by atoms with Crippen LogP contribution in [0.3, 0.4) is 0 Å². The lowest BCUT2D eigenvalue weighted by Gasteiger charge is -2.28. The summed E-state index contributed by atoms with van der Waals surface area (Å²) in [6, 6.07) is 19.0. The zero-order chi connectivity index (χ0) is 20.6. The van der Waals surface area contributed by atoms with Crippen LogP contribution in [0, 0.1) is 0 Å². The third-order valence-corrected chi connectivity index (χ3v) is 4.35. The Balaban J connectivity index is 2.02. The molecule has 0 fully saturated rings. The quantitative estimate of drug-likeness (QED) is 0.651. The van der Waals surface area contributed by atoms with Crippen molar-refractivity contribution in [2.75, 3.05) is 0 Å². The van der Waals surface area contributed by atoms with Gasteiger partial charge in [-0.05, 0) is 51.2 Å². The Bertz CT molecular complexity index is 714. The maximum atomic E-state index is 12.3. The highest BCUT2D eigenvalue weighted by Gasteiger charge is 2.26. The van der Waals surface area contributed by atoms with Gasteiger partial charge in [0.05, 0.1) is 12.1 Å². The number of rotatable bonds is 8. The van der Waals surface area contributed by atoms with Crippen molar-refractivity contribution in [2.45, 2.75) is 63.8 Å². The van der Waals surface area contributed by atoms with Crippen molar-refractivity contribution in [3.63, 3.8) is 0 Å². The van der Waals surface area contributed by atoms with Crippen molar-refractivity contribution in [3.05, 3.63) is 71.8 Å². The number of aliphatic hydroxyl groups excluding tert-OH is 1. The largest absolute Gasteiger partial charge is 0.444 e. The molecule has 0 saturated heterocycles. The van der Waals surface area contributed by atoms with Gasteiger partial charge in [-0.2, -0.15) is 0 Å². The van der Waals surface area contributed by atoms with Gasteiger partial charge < -0.3 is 20.9 Å². The van der Waals surface area contributed by atoms with E-state index in [1.54, 1.807) is 0 Å². The Morgan fingerprint density at radius 2 is 1.50 bits per heavy atom. The molecule has 0 aliphatic rings. The highest BCUT2D eigenvalue weighted by Crippen LogP contribution is 2.14. The standard InChI is InChI=1S/C23H32N2O3/c1-23(2,3)28-22(27)25-20(15-18-12-8-5-9-13-18)21(26)16-19(24)14-17-10-6-4-7-11-17/h4-13,19-21,26H,14-16,24H2,1-3H3,(H,25,27)/t19-,20-,21-/m1/s1. The van der Waals surface area contributed by atoms with Gasteiger partial charge in [0, 0.05) is 6.04 Å². The van der Waals surface area contributed by atoms with Crippen LogP contribution < -0.4 is 11.1 Å². The molecule has 0 heterocycles. The molecule has 5 heteroatoms. The smallest absolute Gasteiger partial charge is 0.407 e. The number of carbonyl (C=O) groups excluding carboxylic acids is 1. The predicted molar refractivity (Wildman–Crippen MR) is 112 cm³/mol. The normalized spacial score (nSPS) is 14.8. The maximum absolute atomic E-state index is 12.3. The summed E-state index contributed by atoms with van der Waals surface area (Å²) in [6.07, 6.45) is 0.222. The summed E-state index contributed by atoms with van der Waals surface area (Å²) in [4.78, 5) is 12.3. The molecule has 0 spiro atoms. The molecule has 152 valence electrons. The van der Waals surface area contributed by atoms with Crippen molar-refractivity contribution >= 4 is 6.09 Å². The molecule has 0 saturated carbocycles. The first-order valence-electron chi connectivity index (χ1n) is 9.74. The van der Waals surface area contributed by atoms with E-state index in [1.807, 2.05) is 81.4 Å². The molecular formula is C23H32N2O3. The first kappa shape index (κ1) is 21.9. The van der Waals surface area contributed by atoms with Crippen LogP contribution >= 0.6 is 0 Å². The number of aliphatic hydroxyl groups is 1. The van der Waals surface area contributed by atoms with Crippen LogP contribution in [0.2, 0.25) is 0 Å². The van der Waals surface area contributed by atoms with E-state index >= 15 is 0 Å². The molecule has 0 aromatic heterocycles. The van der Waals surface area contributed by atoms with Gasteiger partial charge in [-0.3, -0.25) is 0 Å². The van der Waals surface area contributed by atoms with Crippen LogP contribution in [0.15, 0.2) is 60.7 Å². The summed E-state index contributed by atoms with van der Waals surface area (Å²) in [7, 11) is 0. The van der Waals surface area contributed by atoms with Crippen LogP contribution in [0.5, 0.6) is 0 Å². The minimum absolute atomic E-state index is 0.212. The van der Waals surface area contributed by atoms with Gasteiger partial charge in [0.15, 0.2) is 0 Å². The molecule has 3 atom stereocenters. The first-order valence-corrected chi connectivity index (χ1v) is 9.74. The summed E-state index contributed by atoms with van der Waals surface area (Å²) in [6.45, 7) is 5.43. The average molecular weight is 385 g/mol. The van der Waals surface area contributed by atoms with Crippen LogP contribution in [-0.2, 0) is 17.6 Å². The Kier molecular flexibility index (Phi) is 8.03. The Morgan fingerprint density at radius 3 is 2.00 bits per heavy atom. The van der Waals surface area contributed by atoms with Gasteiger partial charge in [-0.1, -0.05) is 60.7 Å². The lowest BCUT2D eigenvalue weighted by atomic mass is 9.94. The van der Waals surface area contributed by atoms with Crippen LogP contribution in [-0.4, -0.2) is 35.0 Å². The van der Waals surface area contributed by atoms with Gasteiger partial charge in [-0.15, -0.1) is 0 Å². The molecule has 2 aromatic carbocycles. The van der Waals surface area contributed by atoms with Crippen LogP contribution in [0.25, 0.3) is 0 Å². The van der Waals surface area contributed by atoms with Gasteiger partial charge in [-0.25, -0.2) is 4.79 Å². The fraction of sp³-hybridized carbons (Fsp3) is 0.435. The van der Waals surface area contributed by atoms with Gasteiger partial charge >= 0.3 is 6.09 Å². The van der Waals surface area contributed by atoms with E-state index in [4.69, 9.17) is 10.5 Å². The minimum atomic E-state index is -0.786. The summed E-state index contributed by atoms with van der Waals surface area (Å²) < 4.78 is 5.36. The molecule has 0 unspecified atom stereocenters. The molecule has 0 aliphatic carbocycles. The van der Waals surface area contributed by atoms with Gasteiger partial charge in [0.2, 0.25) is 0 Å². The highest BCUT2D eigenvalue weighted by molar-refractivity contribution is 5.68. The van der Waals surface area contributed by atoms with Crippen LogP contribution in [0.1, 0.15) is 38.3 Å². The first-order chi connectivity index (χ1) is 13.2. The molecule has 0 aliphatic heterocycles. The number of nitrogens with two attached hydrogens (primary N) is 1. The Labute approximate surface area is 167 Å². The number of benzene rings is 2. The topological polar surface area (TPSA) is 84.6 Å². The summed E-state index contributed by atoms with van der Waals surface area (Å²) in [5.74, 6) is 0. The van der Waals surface area contributed by atoms with Crippen molar-refractivity contribution < 1.29 is 14.6 Å². The maximum Gasteiger partial charge on any atom is 0.407 e. The van der Waals surface area contributed by atoms with Crippen LogP contribution in [0.4, 0.5) is 4.79 Å². The van der Waals surface area contributed by atoms with Gasteiger partial charge in [0.25, 0.3) is 0 Å². The second-order valence-electron chi connectivity index (χ2n) is 8.20. The van der Waals surface area contributed by atoms with Crippen molar-refractivity contribution in [2.24, 2.45) is 5.73 Å².